The molecule has 0 aliphatic rings. The predicted octanol–water partition coefficient (Wildman–Crippen LogP) is 2.49. The Bertz CT molecular complexity index is 708. The number of thioether (sulfide) groups is 1. The average Bonchev–Trinajstić information content (AvgIpc) is 2.90. The van der Waals surface area contributed by atoms with Gasteiger partial charge in [0.05, 0.1) is 5.56 Å². The maximum absolute atomic E-state index is 12.4. The Hall–Kier alpha value is -2.49. The van der Waals surface area contributed by atoms with Gasteiger partial charge in [-0.3, -0.25) is 4.79 Å². The molecule has 0 spiro atoms. The molecule has 122 valence electrons. The highest BCUT2D eigenvalue weighted by Gasteiger charge is 2.19. The van der Waals surface area contributed by atoms with Crippen molar-refractivity contribution in [3.63, 3.8) is 0 Å². The number of pyridine rings is 1. The lowest BCUT2D eigenvalue weighted by atomic mass is 10.3. The Morgan fingerprint density at radius 2 is 2.26 bits per heavy atom. The van der Waals surface area contributed by atoms with Crippen LogP contribution in [0, 0.1) is 6.92 Å². The first kappa shape index (κ1) is 16.9. The number of aryl methyl sites for hydroxylation is 1. The smallest absolute Gasteiger partial charge is 0.341 e. The van der Waals surface area contributed by atoms with Crippen LogP contribution in [0.4, 0.5) is 14.6 Å². The van der Waals surface area contributed by atoms with Crippen molar-refractivity contribution >= 4 is 29.5 Å². The van der Waals surface area contributed by atoms with E-state index in [4.69, 9.17) is 9.26 Å². The second kappa shape index (κ2) is 7.68. The summed E-state index contributed by atoms with van der Waals surface area (Å²) in [5.74, 6) is -3.61. The predicted molar refractivity (Wildman–Crippen MR) is 76.3 cm³/mol. The summed E-state index contributed by atoms with van der Waals surface area (Å²) in [4.78, 5) is 27.2. The average molecular weight is 343 g/mol. The van der Waals surface area contributed by atoms with Crippen molar-refractivity contribution in [1.29, 1.82) is 0 Å². The van der Waals surface area contributed by atoms with Gasteiger partial charge in [0, 0.05) is 12.3 Å². The highest BCUT2D eigenvalue weighted by atomic mass is 32.2. The standard InChI is InChI=1S/C13H11F2N3O4S/c1-7-5-9(18-22-7)17-10(19)6-21-12(20)8-3-2-4-16-11(8)23-13(14)15/h2-5,13H,6H2,1H3,(H,17,18,19). The number of amides is 1. The van der Waals surface area contributed by atoms with Crippen molar-refractivity contribution in [3.8, 4) is 0 Å². The molecule has 1 N–H and O–H groups in total. The molecule has 0 bridgehead atoms. The maximum Gasteiger partial charge on any atom is 0.341 e. The maximum atomic E-state index is 12.4. The van der Waals surface area contributed by atoms with Gasteiger partial charge in [-0.2, -0.15) is 8.78 Å². The Morgan fingerprint density at radius 3 is 2.91 bits per heavy atom. The number of anilines is 1. The van der Waals surface area contributed by atoms with E-state index in [-0.39, 0.29) is 28.2 Å². The van der Waals surface area contributed by atoms with Crippen LogP contribution in [-0.4, -0.2) is 34.4 Å². The summed E-state index contributed by atoms with van der Waals surface area (Å²) < 4.78 is 34.4. The second-order valence-corrected chi connectivity index (χ2v) is 5.16. The molecule has 2 aromatic rings. The van der Waals surface area contributed by atoms with Crippen molar-refractivity contribution in [1.82, 2.24) is 10.1 Å². The first-order chi connectivity index (χ1) is 11.0. The van der Waals surface area contributed by atoms with Crippen LogP contribution in [-0.2, 0) is 9.53 Å². The van der Waals surface area contributed by atoms with E-state index in [1.807, 2.05) is 0 Å². The fourth-order valence-corrected chi connectivity index (χ4v) is 2.11. The van der Waals surface area contributed by atoms with Crippen LogP contribution in [0.25, 0.3) is 0 Å². The molecule has 0 atom stereocenters. The summed E-state index contributed by atoms with van der Waals surface area (Å²) in [6.07, 6.45) is 1.28. The number of nitrogens with zero attached hydrogens (tertiary/aromatic N) is 2. The van der Waals surface area contributed by atoms with E-state index in [1.165, 1.54) is 24.4 Å². The first-order valence-corrected chi connectivity index (χ1v) is 7.14. The molecule has 10 heteroatoms. The molecule has 2 heterocycles. The fourth-order valence-electron chi connectivity index (χ4n) is 1.54. The second-order valence-electron chi connectivity index (χ2n) is 4.18. The Labute approximate surface area is 133 Å². The molecule has 7 nitrogen and oxygen atoms in total. The van der Waals surface area contributed by atoms with Crippen LogP contribution in [0.2, 0.25) is 0 Å². The minimum atomic E-state index is -2.73. The molecule has 1 amide bonds. The molecule has 0 aliphatic carbocycles. The monoisotopic (exact) mass is 343 g/mol. The van der Waals surface area contributed by atoms with E-state index in [2.05, 4.69) is 15.5 Å². The number of rotatable bonds is 6. The number of esters is 1. The number of hydrogen-bond donors (Lipinski definition) is 1. The molecular weight excluding hydrogens is 332 g/mol. The van der Waals surface area contributed by atoms with Gasteiger partial charge in [-0.15, -0.1) is 0 Å². The molecule has 23 heavy (non-hydrogen) atoms. The lowest BCUT2D eigenvalue weighted by Gasteiger charge is -2.07. The van der Waals surface area contributed by atoms with Gasteiger partial charge >= 0.3 is 5.97 Å². The topological polar surface area (TPSA) is 94.3 Å². The third kappa shape index (κ3) is 5.02. The summed E-state index contributed by atoms with van der Waals surface area (Å²) >= 11 is 0.125. The summed E-state index contributed by atoms with van der Waals surface area (Å²) in [7, 11) is 0. The molecule has 0 radical (unpaired) electrons. The number of alkyl halides is 2. The quantitative estimate of drug-likeness (QED) is 0.636. The number of nitrogens with one attached hydrogen (secondary N) is 1. The molecule has 2 aromatic heterocycles. The first-order valence-electron chi connectivity index (χ1n) is 6.26. The zero-order valence-electron chi connectivity index (χ0n) is 11.8. The van der Waals surface area contributed by atoms with E-state index in [0.29, 0.717) is 5.76 Å². The normalized spacial score (nSPS) is 10.6. The molecule has 2 rings (SSSR count). The number of carbonyl (C=O) groups is 2. The number of halogens is 2. The molecule has 0 aliphatic heterocycles. The Balaban J connectivity index is 1.93. The van der Waals surface area contributed by atoms with Crippen molar-refractivity contribution in [2.45, 2.75) is 17.7 Å². The van der Waals surface area contributed by atoms with Gasteiger partial charge in [-0.1, -0.05) is 5.16 Å². The van der Waals surface area contributed by atoms with Crippen LogP contribution in [0.15, 0.2) is 33.9 Å². The van der Waals surface area contributed by atoms with E-state index in [0.717, 1.165) is 0 Å². The highest BCUT2D eigenvalue weighted by molar-refractivity contribution is 7.99. The molecule has 0 aromatic carbocycles. The van der Waals surface area contributed by atoms with Gasteiger partial charge in [0.2, 0.25) is 0 Å². The summed E-state index contributed by atoms with van der Waals surface area (Å²) in [6.45, 7) is 1.05. The highest BCUT2D eigenvalue weighted by Crippen LogP contribution is 2.26. The minimum Gasteiger partial charge on any atom is -0.452 e. The SMILES string of the molecule is Cc1cc(NC(=O)COC(=O)c2cccnc2SC(F)F)no1. The van der Waals surface area contributed by atoms with Gasteiger partial charge in [0.25, 0.3) is 11.7 Å². The van der Waals surface area contributed by atoms with E-state index in [9.17, 15) is 18.4 Å². The zero-order chi connectivity index (χ0) is 16.8. The van der Waals surface area contributed by atoms with Gasteiger partial charge in [-0.05, 0) is 30.8 Å². The summed E-state index contributed by atoms with van der Waals surface area (Å²) in [5.41, 5.74) is -0.136. The van der Waals surface area contributed by atoms with Crippen molar-refractivity contribution in [3.05, 3.63) is 35.7 Å². The van der Waals surface area contributed by atoms with Gasteiger partial charge in [-0.25, -0.2) is 9.78 Å². The van der Waals surface area contributed by atoms with E-state index >= 15 is 0 Å². The Kier molecular flexibility index (Phi) is 5.63. The largest absolute Gasteiger partial charge is 0.452 e. The Morgan fingerprint density at radius 1 is 1.48 bits per heavy atom. The molecule has 0 saturated carbocycles. The van der Waals surface area contributed by atoms with Crippen LogP contribution in [0.1, 0.15) is 16.1 Å². The number of ether oxygens (including phenoxy) is 1. The molecular formula is C13H11F2N3O4S. The third-order valence-corrected chi connectivity index (χ3v) is 3.15. The number of carbonyl (C=O) groups excluding carboxylic acids is 2. The van der Waals surface area contributed by atoms with Crippen molar-refractivity contribution in [2.75, 3.05) is 11.9 Å². The van der Waals surface area contributed by atoms with Crippen LogP contribution in [0.5, 0.6) is 0 Å². The lowest BCUT2D eigenvalue weighted by Crippen LogP contribution is -2.21. The molecule has 0 unspecified atom stereocenters. The van der Waals surface area contributed by atoms with Crippen molar-refractivity contribution < 1.29 is 27.6 Å². The van der Waals surface area contributed by atoms with Crippen molar-refractivity contribution in [2.24, 2.45) is 0 Å². The summed E-state index contributed by atoms with van der Waals surface area (Å²) in [5, 5.41) is 5.73. The lowest BCUT2D eigenvalue weighted by molar-refractivity contribution is -0.119. The van der Waals surface area contributed by atoms with Gasteiger partial charge < -0.3 is 14.6 Å². The van der Waals surface area contributed by atoms with Crippen LogP contribution in [0.3, 0.4) is 0 Å². The van der Waals surface area contributed by atoms with E-state index in [1.54, 1.807) is 6.92 Å². The zero-order valence-corrected chi connectivity index (χ0v) is 12.6. The van der Waals surface area contributed by atoms with Gasteiger partial charge in [0.1, 0.15) is 10.8 Å². The summed E-state index contributed by atoms with van der Waals surface area (Å²) in [6, 6.07) is 4.18. The van der Waals surface area contributed by atoms with Crippen LogP contribution >= 0.6 is 11.8 Å². The third-order valence-electron chi connectivity index (χ3n) is 2.42. The minimum absolute atomic E-state index is 0.125. The molecule has 0 saturated heterocycles. The number of hydrogen-bond acceptors (Lipinski definition) is 7. The fraction of sp³-hybridized carbons (Fsp3) is 0.231. The molecule has 0 fully saturated rings. The van der Waals surface area contributed by atoms with Gasteiger partial charge in [0.15, 0.2) is 12.4 Å². The van der Waals surface area contributed by atoms with E-state index < -0.39 is 24.2 Å². The van der Waals surface area contributed by atoms with Crippen LogP contribution < -0.4 is 5.32 Å². The number of aromatic nitrogens is 2.